The van der Waals surface area contributed by atoms with Gasteiger partial charge in [-0.3, -0.25) is 4.79 Å². The zero-order valence-electron chi connectivity index (χ0n) is 8.39. The molecule has 1 aliphatic rings. The Hall–Kier alpha value is -1.45. The van der Waals surface area contributed by atoms with Gasteiger partial charge in [0.05, 0.1) is 0 Å². The predicted octanol–water partition coefficient (Wildman–Crippen LogP) is 1.08. The number of hydrogen-bond acceptors (Lipinski definition) is 3. The Bertz CT molecular complexity index is 251. The highest BCUT2D eigenvalue weighted by molar-refractivity contribution is 5.66. The molecule has 0 aromatic rings. The van der Waals surface area contributed by atoms with Crippen LogP contribution in [0, 0.1) is 0 Å². The largest absolute Gasteiger partial charge is 0.481 e. The maximum absolute atomic E-state index is 10.4. The molecule has 14 heavy (non-hydrogen) atoms. The van der Waals surface area contributed by atoms with Gasteiger partial charge in [0.25, 0.3) is 0 Å². The molecule has 4 heteroatoms. The van der Waals surface area contributed by atoms with Crippen molar-refractivity contribution in [1.82, 2.24) is 9.80 Å². The number of carboxylic acids is 1. The molecular formula is C10H16N2O2. The summed E-state index contributed by atoms with van der Waals surface area (Å²) in [7, 11) is 1.95. The highest BCUT2D eigenvalue weighted by Gasteiger charge is 2.22. The molecule has 0 aromatic carbocycles. The summed E-state index contributed by atoms with van der Waals surface area (Å²) >= 11 is 0. The Morgan fingerprint density at radius 2 is 2.36 bits per heavy atom. The maximum atomic E-state index is 10.4. The van der Waals surface area contributed by atoms with E-state index in [0.29, 0.717) is 6.42 Å². The van der Waals surface area contributed by atoms with Crippen molar-refractivity contribution in [2.24, 2.45) is 0 Å². The Kier molecular flexibility index (Phi) is 3.56. The van der Waals surface area contributed by atoms with Gasteiger partial charge in [0.1, 0.15) is 6.17 Å². The van der Waals surface area contributed by atoms with E-state index < -0.39 is 5.97 Å². The van der Waals surface area contributed by atoms with Gasteiger partial charge in [-0.1, -0.05) is 6.08 Å². The van der Waals surface area contributed by atoms with Crippen LogP contribution in [0.2, 0.25) is 0 Å². The summed E-state index contributed by atoms with van der Waals surface area (Å²) in [6.07, 6.45) is 6.72. The summed E-state index contributed by atoms with van der Waals surface area (Å²) in [6.45, 7) is 4.42. The summed E-state index contributed by atoms with van der Waals surface area (Å²) in [5, 5.41) is 8.60. The van der Waals surface area contributed by atoms with E-state index in [9.17, 15) is 4.79 Å². The Balaban J connectivity index is 2.47. The minimum Gasteiger partial charge on any atom is -0.481 e. The standard InChI is InChI=1S/C10H16N2O2/c1-3-6-12-8-7-11(2)9(12)4-5-10(13)14/h3,7-9H,1,4-6H2,2H3,(H,13,14). The lowest BCUT2D eigenvalue weighted by Gasteiger charge is -2.29. The fourth-order valence-electron chi connectivity index (χ4n) is 1.58. The van der Waals surface area contributed by atoms with Crippen LogP contribution in [0.4, 0.5) is 0 Å². The summed E-state index contributed by atoms with van der Waals surface area (Å²) in [5.74, 6) is -0.746. The van der Waals surface area contributed by atoms with Crippen LogP contribution in [0.3, 0.4) is 0 Å². The number of hydrogen-bond donors (Lipinski definition) is 1. The molecule has 0 saturated heterocycles. The zero-order chi connectivity index (χ0) is 10.6. The third-order valence-electron chi connectivity index (χ3n) is 2.30. The molecule has 1 N–H and O–H groups in total. The quantitative estimate of drug-likeness (QED) is 0.668. The summed E-state index contributed by atoms with van der Waals surface area (Å²) < 4.78 is 0. The number of carbonyl (C=O) groups is 1. The first-order valence-corrected chi connectivity index (χ1v) is 4.64. The molecule has 0 aliphatic carbocycles. The van der Waals surface area contributed by atoms with Gasteiger partial charge in [-0.15, -0.1) is 6.58 Å². The van der Waals surface area contributed by atoms with E-state index in [1.165, 1.54) is 0 Å². The van der Waals surface area contributed by atoms with Gasteiger partial charge < -0.3 is 14.9 Å². The maximum Gasteiger partial charge on any atom is 0.303 e. The molecule has 78 valence electrons. The van der Waals surface area contributed by atoms with Crippen LogP contribution >= 0.6 is 0 Å². The second kappa shape index (κ2) is 4.69. The number of aliphatic carboxylic acids is 1. The fraction of sp³-hybridized carbons (Fsp3) is 0.500. The lowest BCUT2D eigenvalue weighted by Crippen LogP contribution is -2.36. The van der Waals surface area contributed by atoms with Gasteiger partial charge in [-0.2, -0.15) is 0 Å². The van der Waals surface area contributed by atoms with Gasteiger partial charge in [0.2, 0.25) is 0 Å². The molecule has 4 nitrogen and oxygen atoms in total. The third-order valence-corrected chi connectivity index (χ3v) is 2.30. The molecule has 0 saturated carbocycles. The van der Waals surface area contributed by atoms with Crippen molar-refractivity contribution in [3.63, 3.8) is 0 Å². The number of carboxylic acid groups (broad SMARTS) is 1. The Morgan fingerprint density at radius 1 is 1.64 bits per heavy atom. The van der Waals surface area contributed by atoms with Crippen molar-refractivity contribution in [3.05, 3.63) is 25.1 Å². The average molecular weight is 196 g/mol. The lowest BCUT2D eigenvalue weighted by molar-refractivity contribution is -0.137. The second-order valence-electron chi connectivity index (χ2n) is 3.36. The van der Waals surface area contributed by atoms with Crippen molar-refractivity contribution in [2.45, 2.75) is 19.0 Å². The normalized spacial score (nSPS) is 20.2. The van der Waals surface area contributed by atoms with Crippen LogP contribution in [0.1, 0.15) is 12.8 Å². The molecule has 1 heterocycles. The SMILES string of the molecule is C=CCN1C=CN(C)C1CCC(=O)O. The molecule has 1 unspecified atom stereocenters. The van der Waals surface area contributed by atoms with E-state index >= 15 is 0 Å². The topological polar surface area (TPSA) is 43.8 Å². The van der Waals surface area contributed by atoms with Crippen molar-refractivity contribution in [2.75, 3.05) is 13.6 Å². The van der Waals surface area contributed by atoms with Crippen molar-refractivity contribution in [1.29, 1.82) is 0 Å². The average Bonchev–Trinajstić information content (AvgIpc) is 2.45. The molecule has 0 amide bonds. The first-order chi connectivity index (χ1) is 6.65. The smallest absolute Gasteiger partial charge is 0.303 e. The molecular weight excluding hydrogens is 180 g/mol. The monoisotopic (exact) mass is 196 g/mol. The fourth-order valence-corrected chi connectivity index (χ4v) is 1.58. The van der Waals surface area contributed by atoms with Crippen molar-refractivity contribution < 1.29 is 9.90 Å². The third kappa shape index (κ3) is 2.52. The van der Waals surface area contributed by atoms with E-state index in [4.69, 9.17) is 5.11 Å². The summed E-state index contributed by atoms with van der Waals surface area (Å²) in [5.41, 5.74) is 0. The van der Waals surface area contributed by atoms with Crippen LogP contribution in [-0.2, 0) is 4.79 Å². The van der Waals surface area contributed by atoms with E-state index in [0.717, 1.165) is 6.54 Å². The summed E-state index contributed by atoms with van der Waals surface area (Å²) in [6, 6.07) is 0. The van der Waals surface area contributed by atoms with E-state index in [-0.39, 0.29) is 12.6 Å². The number of nitrogens with zero attached hydrogens (tertiary/aromatic N) is 2. The van der Waals surface area contributed by atoms with Crippen LogP contribution < -0.4 is 0 Å². The lowest BCUT2D eigenvalue weighted by atomic mass is 10.2. The van der Waals surface area contributed by atoms with Crippen molar-refractivity contribution >= 4 is 5.97 Å². The van der Waals surface area contributed by atoms with Gasteiger partial charge in [0, 0.05) is 32.4 Å². The molecule has 1 aliphatic heterocycles. The number of rotatable bonds is 5. The zero-order valence-corrected chi connectivity index (χ0v) is 8.39. The molecule has 1 rings (SSSR count). The molecule has 1 atom stereocenters. The Morgan fingerprint density at radius 3 is 2.93 bits per heavy atom. The molecule has 0 aromatic heterocycles. The van der Waals surface area contributed by atoms with Gasteiger partial charge >= 0.3 is 5.97 Å². The van der Waals surface area contributed by atoms with E-state index in [1.807, 2.05) is 30.4 Å². The Labute approximate surface area is 84.1 Å². The highest BCUT2D eigenvalue weighted by atomic mass is 16.4. The van der Waals surface area contributed by atoms with Crippen LogP contribution in [-0.4, -0.2) is 40.6 Å². The van der Waals surface area contributed by atoms with Gasteiger partial charge in [-0.25, -0.2) is 0 Å². The minimum atomic E-state index is -0.746. The summed E-state index contributed by atoms with van der Waals surface area (Å²) in [4.78, 5) is 14.5. The van der Waals surface area contributed by atoms with Crippen LogP contribution in [0.5, 0.6) is 0 Å². The first kappa shape index (κ1) is 10.6. The molecule has 0 bridgehead atoms. The minimum absolute atomic E-state index is 0.157. The molecule has 0 fully saturated rings. The van der Waals surface area contributed by atoms with Crippen LogP contribution in [0.25, 0.3) is 0 Å². The van der Waals surface area contributed by atoms with Crippen molar-refractivity contribution in [3.8, 4) is 0 Å². The second-order valence-corrected chi connectivity index (χ2v) is 3.36. The first-order valence-electron chi connectivity index (χ1n) is 4.64. The van der Waals surface area contributed by atoms with Gasteiger partial charge in [-0.05, 0) is 6.42 Å². The van der Waals surface area contributed by atoms with E-state index in [2.05, 4.69) is 11.5 Å². The van der Waals surface area contributed by atoms with E-state index in [1.54, 1.807) is 0 Å². The molecule has 0 radical (unpaired) electrons. The van der Waals surface area contributed by atoms with Gasteiger partial charge in [0.15, 0.2) is 0 Å². The van der Waals surface area contributed by atoms with Crippen LogP contribution in [0.15, 0.2) is 25.1 Å². The predicted molar refractivity (Wildman–Crippen MR) is 54.5 cm³/mol. The molecule has 0 spiro atoms. The highest BCUT2D eigenvalue weighted by Crippen LogP contribution is 2.17.